The van der Waals surface area contributed by atoms with Crippen molar-refractivity contribution in [3.05, 3.63) is 29.6 Å². The predicted octanol–water partition coefficient (Wildman–Crippen LogP) is 3.38. The van der Waals surface area contributed by atoms with E-state index >= 15 is 0 Å². The molecule has 2 saturated heterocycles. The monoisotopic (exact) mass is 359 g/mol. The number of fused-ring (bicyclic) bond motifs is 1. The van der Waals surface area contributed by atoms with Gasteiger partial charge in [-0.1, -0.05) is 12.2 Å². The molecule has 0 saturated carbocycles. The van der Waals surface area contributed by atoms with Gasteiger partial charge in [-0.05, 0) is 62.7 Å². The Morgan fingerprint density at radius 3 is 2.54 bits per heavy atom. The Bertz CT molecular complexity index is 649. The lowest BCUT2D eigenvalue weighted by Gasteiger charge is -2.38. The standard InChI is InChI=1S/C21H30FN3O/c22-19-3-4-20-18(21(19)23)2-1-9-25(20)15-16-5-10-24(11-6-16)14-17-7-12-26-13-8-17/h1-4,16-17H,5-15,23H2. The van der Waals surface area contributed by atoms with Crippen LogP contribution in [0.3, 0.4) is 0 Å². The van der Waals surface area contributed by atoms with Crippen molar-refractivity contribution in [2.24, 2.45) is 11.8 Å². The second-order valence-electron chi connectivity index (χ2n) is 8.00. The van der Waals surface area contributed by atoms with E-state index in [-0.39, 0.29) is 11.5 Å². The number of nitrogens with zero attached hydrogens (tertiary/aromatic N) is 2. The second kappa shape index (κ2) is 7.97. The van der Waals surface area contributed by atoms with Gasteiger partial charge >= 0.3 is 0 Å². The number of rotatable bonds is 4. The lowest BCUT2D eigenvalue weighted by atomic mass is 9.93. The minimum Gasteiger partial charge on any atom is -0.396 e. The van der Waals surface area contributed by atoms with Crippen molar-refractivity contribution in [2.75, 3.05) is 56.6 Å². The van der Waals surface area contributed by atoms with Gasteiger partial charge in [-0.2, -0.15) is 0 Å². The van der Waals surface area contributed by atoms with E-state index in [1.165, 1.54) is 51.4 Å². The van der Waals surface area contributed by atoms with Crippen LogP contribution in [0.5, 0.6) is 0 Å². The summed E-state index contributed by atoms with van der Waals surface area (Å²) in [4.78, 5) is 5.01. The maximum atomic E-state index is 13.7. The fraction of sp³-hybridized carbons (Fsp3) is 0.619. The molecule has 4 nitrogen and oxygen atoms in total. The minimum absolute atomic E-state index is 0.273. The number of ether oxygens (including phenoxy) is 1. The first-order valence-corrected chi connectivity index (χ1v) is 10.0. The molecule has 0 aromatic heterocycles. The molecule has 3 aliphatic heterocycles. The molecule has 3 heterocycles. The van der Waals surface area contributed by atoms with Crippen LogP contribution in [0.15, 0.2) is 18.2 Å². The van der Waals surface area contributed by atoms with E-state index in [2.05, 4.69) is 15.9 Å². The summed E-state index contributed by atoms with van der Waals surface area (Å²) in [7, 11) is 0. The summed E-state index contributed by atoms with van der Waals surface area (Å²) >= 11 is 0. The maximum Gasteiger partial charge on any atom is 0.146 e. The molecule has 0 aliphatic carbocycles. The number of anilines is 2. The maximum absolute atomic E-state index is 13.7. The second-order valence-corrected chi connectivity index (χ2v) is 8.00. The zero-order valence-corrected chi connectivity index (χ0v) is 15.5. The zero-order valence-electron chi connectivity index (χ0n) is 15.5. The predicted molar refractivity (Wildman–Crippen MR) is 105 cm³/mol. The Balaban J connectivity index is 1.31. The average Bonchev–Trinajstić information content (AvgIpc) is 2.67. The number of likely N-dealkylation sites (tertiary alicyclic amines) is 1. The van der Waals surface area contributed by atoms with Crippen molar-refractivity contribution in [1.82, 2.24) is 4.90 Å². The van der Waals surface area contributed by atoms with Crippen LogP contribution in [0, 0.1) is 17.7 Å². The molecule has 142 valence electrons. The van der Waals surface area contributed by atoms with Crippen LogP contribution in [0.25, 0.3) is 6.08 Å². The zero-order chi connectivity index (χ0) is 17.9. The summed E-state index contributed by atoms with van der Waals surface area (Å²) in [5, 5.41) is 0. The number of benzene rings is 1. The SMILES string of the molecule is Nc1c(F)ccc2c1C=CCN2CC1CCN(CC2CCOCC2)CC1. The van der Waals surface area contributed by atoms with Gasteiger partial charge in [-0.3, -0.25) is 0 Å². The highest BCUT2D eigenvalue weighted by atomic mass is 19.1. The molecule has 0 amide bonds. The molecular weight excluding hydrogens is 329 g/mol. The summed E-state index contributed by atoms with van der Waals surface area (Å²) in [5.74, 6) is 1.19. The molecule has 0 spiro atoms. The Morgan fingerprint density at radius 2 is 1.77 bits per heavy atom. The van der Waals surface area contributed by atoms with Crippen molar-refractivity contribution in [2.45, 2.75) is 25.7 Å². The van der Waals surface area contributed by atoms with Crippen LogP contribution < -0.4 is 10.6 Å². The average molecular weight is 359 g/mol. The summed E-state index contributed by atoms with van der Waals surface area (Å²) in [6, 6.07) is 3.38. The molecule has 0 atom stereocenters. The molecule has 2 fully saturated rings. The van der Waals surface area contributed by atoms with Crippen molar-refractivity contribution in [1.29, 1.82) is 0 Å². The third kappa shape index (κ3) is 3.89. The number of nitrogen functional groups attached to an aromatic ring is 1. The van der Waals surface area contributed by atoms with Gasteiger partial charge in [0.15, 0.2) is 0 Å². The molecule has 1 aromatic rings. The van der Waals surface area contributed by atoms with Gasteiger partial charge in [0.25, 0.3) is 0 Å². The highest BCUT2D eigenvalue weighted by Crippen LogP contribution is 2.33. The lowest BCUT2D eigenvalue weighted by molar-refractivity contribution is 0.0470. The van der Waals surface area contributed by atoms with E-state index in [0.717, 1.165) is 43.5 Å². The topological polar surface area (TPSA) is 41.7 Å². The van der Waals surface area contributed by atoms with Gasteiger partial charge < -0.3 is 20.3 Å². The molecule has 4 rings (SSSR count). The van der Waals surface area contributed by atoms with Crippen molar-refractivity contribution >= 4 is 17.5 Å². The molecular formula is C21H30FN3O. The van der Waals surface area contributed by atoms with E-state index in [9.17, 15) is 4.39 Å². The van der Waals surface area contributed by atoms with E-state index in [1.54, 1.807) is 0 Å². The van der Waals surface area contributed by atoms with E-state index in [0.29, 0.717) is 5.92 Å². The molecule has 0 bridgehead atoms. The van der Waals surface area contributed by atoms with Crippen LogP contribution >= 0.6 is 0 Å². The first-order chi connectivity index (χ1) is 12.7. The highest BCUT2D eigenvalue weighted by Gasteiger charge is 2.26. The summed E-state index contributed by atoms with van der Waals surface area (Å²) < 4.78 is 19.2. The summed E-state index contributed by atoms with van der Waals surface area (Å²) in [6.45, 7) is 7.43. The normalized spacial score (nSPS) is 22.6. The van der Waals surface area contributed by atoms with Crippen LogP contribution in [0.1, 0.15) is 31.2 Å². The van der Waals surface area contributed by atoms with Crippen molar-refractivity contribution < 1.29 is 9.13 Å². The molecule has 2 N–H and O–H groups in total. The summed E-state index contributed by atoms with van der Waals surface area (Å²) in [6.07, 6.45) is 8.98. The Kier molecular flexibility index (Phi) is 5.46. The Hall–Kier alpha value is -1.59. The fourth-order valence-electron chi connectivity index (χ4n) is 4.58. The van der Waals surface area contributed by atoms with Crippen LogP contribution in [-0.2, 0) is 4.74 Å². The van der Waals surface area contributed by atoms with Gasteiger partial charge in [0.05, 0.1) is 5.69 Å². The lowest BCUT2D eigenvalue weighted by Crippen LogP contribution is -2.42. The van der Waals surface area contributed by atoms with Gasteiger partial charge in [0, 0.05) is 44.1 Å². The van der Waals surface area contributed by atoms with Crippen molar-refractivity contribution in [3.8, 4) is 0 Å². The molecule has 3 aliphatic rings. The van der Waals surface area contributed by atoms with E-state index in [1.807, 2.05) is 12.1 Å². The number of hydrogen-bond donors (Lipinski definition) is 1. The Labute approximate surface area is 155 Å². The molecule has 0 radical (unpaired) electrons. The number of piperidine rings is 1. The molecule has 0 unspecified atom stereocenters. The van der Waals surface area contributed by atoms with Crippen molar-refractivity contribution in [3.63, 3.8) is 0 Å². The summed E-state index contributed by atoms with van der Waals surface area (Å²) in [5.41, 5.74) is 8.13. The van der Waals surface area contributed by atoms with Crippen LogP contribution in [0.4, 0.5) is 15.8 Å². The number of halogens is 1. The third-order valence-electron chi connectivity index (χ3n) is 6.20. The van der Waals surface area contributed by atoms with Gasteiger partial charge in [-0.15, -0.1) is 0 Å². The molecule has 1 aromatic carbocycles. The van der Waals surface area contributed by atoms with Crippen LogP contribution in [0.2, 0.25) is 0 Å². The van der Waals surface area contributed by atoms with Gasteiger partial charge in [-0.25, -0.2) is 4.39 Å². The number of nitrogens with two attached hydrogens (primary N) is 1. The van der Waals surface area contributed by atoms with Crippen LogP contribution in [-0.4, -0.2) is 50.8 Å². The molecule has 26 heavy (non-hydrogen) atoms. The smallest absolute Gasteiger partial charge is 0.146 e. The first-order valence-electron chi connectivity index (χ1n) is 10.0. The fourth-order valence-corrected chi connectivity index (χ4v) is 4.58. The molecule has 5 heteroatoms. The highest BCUT2D eigenvalue weighted by molar-refractivity contribution is 5.80. The largest absolute Gasteiger partial charge is 0.396 e. The third-order valence-corrected chi connectivity index (χ3v) is 6.20. The van der Waals surface area contributed by atoms with E-state index < -0.39 is 0 Å². The quantitative estimate of drug-likeness (QED) is 0.837. The number of hydrogen-bond acceptors (Lipinski definition) is 4. The van der Waals surface area contributed by atoms with Gasteiger partial charge in [0.2, 0.25) is 0 Å². The van der Waals surface area contributed by atoms with E-state index in [4.69, 9.17) is 10.5 Å². The minimum atomic E-state index is -0.323. The first kappa shape index (κ1) is 17.8. The Morgan fingerprint density at radius 1 is 1.04 bits per heavy atom. The van der Waals surface area contributed by atoms with Gasteiger partial charge in [0.1, 0.15) is 5.82 Å².